The number of aliphatic hydroxyl groups excluding tert-OH is 2. The van der Waals surface area contributed by atoms with Gasteiger partial charge in [0.05, 0.1) is 24.9 Å². The second kappa shape index (κ2) is 13.1. The van der Waals surface area contributed by atoms with Crippen LogP contribution < -0.4 is 5.32 Å². The van der Waals surface area contributed by atoms with Gasteiger partial charge in [-0.3, -0.25) is 4.79 Å². The molecule has 0 saturated carbocycles. The number of fused-ring (bicyclic) bond motifs is 2. The van der Waals surface area contributed by atoms with Crippen LogP contribution in [-0.4, -0.2) is 53.9 Å². The lowest BCUT2D eigenvalue weighted by molar-refractivity contribution is -0.337. The minimum atomic E-state index is -0.400. The third-order valence-electron chi connectivity index (χ3n) is 5.37. The molecule has 28 heavy (non-hydrogen) atoms. The van der Waals surface area contributed by atoms with Gasteiger partial charge in [0, 0.05) is 25.3 Å². The maximum Gasteiger partial charge on any atom is 0.220 e. The molecule has 2 bridgehead atoms. The summed E-state index contributed by atoms with van der Waals surface area (Å²) in [6.45, 7) is 2.46. The molecular weight excluding hydrogens is 358 g/mol. The van der Waals surface area contributed by atoms with Gasteiger partial charge in [0.15, 0.2) is 6.29 Å². The number of aliphatic hydroxyl groups is 2. The summed E-state index contributed by atoms with van der Waals surface area (Å²) in [4.78, 5) is 11.5. The van der Waals surface area contributed by atoms with Gasteiger partial charge in [-0.25, -0.2) is 0 Å². The average Bonchev–Trinajstić information content (AvgIpc) is 2.67. The highest BCUT2D eigenvalue weighted by atomic mass is 16.7. The van der Waals surface area contributed by atoms with Crippen molar-refractivity contribution < 1.29 is 24.5 Å². The lowest BCUT2D eigenvalue weighted by Crippen LogP contribution is -2.55. The van der Waals surface area contributed by atoms with Crippen LogP contribution in [0.4, 0.5) is 0 Å². The zero-order valence-electron chi connectivity index (χ0n) is 17.1. The number of rotatable bonds is 14. The van der Waals surface area contributed by atoms with Crippen LogP contribution in [0.5, 0.6) is 0 Å². The van der Waals surface area contributed by atoms with E-state index >= 15 is 0 Å². The maximum atomic E-state index is 11.5. The van der Waals surface area contributed by atoms with Crippen molar-refractivity contribution in [1.29, 1.82) is 0 Å². The largest absolute Gasteiger partial charge is 0.395 e. The molecule has 0 radical (unpaired) electrons. The van der Waals surface area contributed by atoms with E-state index in [2.05, 4.69) is 24.4 Å². The first-order valence-corrected chi connectivity index (χ1v) is 10.8. The average molecular weight is 396 g/mol. The number of amides is 1. The molecule has 3 heterocycles. The Balaban J connectivity index is 1.70. The molecule has 6 nitrogen and oxygen atoms in total. The highest BCUT2D eigenvalue weighted by Gasteiger charge is 2.46. The van der Waals surface area contributed by atoms with Gasteiger partial charge in [-0.2, -0.15) is 0 Å². The Kier molecular flexibility index (Phi) is 10.8. The molecule has 3 saturated heterocycles. The number of allylic oxidation sites excluding steroid dienone is 2. The van der Waals surface area contributed by atoms with Crippen LogP contribution in [0.2, 0.25) is 0 Å². The summed E-state index contributed by atoms with van der Waals surface area (Å²) < 4.78 is 11.7. The van der Waals surface area contributed by atoms with Crippen molar-refractivity contribution in [2.75, 3.05) is 13.2 Å². The molecule has 160 valence electrons. The van der Waals surface area contributed by atoms with Crippen molar-refractivity contribution in [1.82, 2.24) is 5.32 Å². The van der Waals surface area contributed by atoms with Crippen LogP contribution in [0, 0.1) is 5.92 Å². The molecule has 0 aliphatic carbocycles. The second-order valence-corrected chi connectivity index (χ2v) is 7.73. The molecule has 1 amide bonds. The van der Waals surface area contributed by atoms with Gasteiger partial charge in [-0.15, -0.1) is 0 Å². The summed E-state index contributed by atoms with van der Waals surface area (Å²) in [6.07, 6.45) is 16.0. The van der Waals surface area contributed by atoms with E-state index in [-0.39, 0.29) is 36.9 Å². The van der Waals surface area contributed by atoms with Gasteiger partial charge in [0.1, 0.15) is 0 Å². The fraction of sp³-hybridized carbons (Fsp3) is 0.773. The van der Waals surface area contributed by atoms with Crippen molar-refractivity contribution in [3.05, 3.63) is 24.3 Å². The maximum absolute atomic E-state index is 11.5. The number of nitrogens with one attached hydrogen (secondary N) is 1. The van der Waals surface area contributed by atoms with E-state index in [1.165, 1.54) is 0 Å². The second-order valence-electron chi connectivity index (χ2n) is 7.73. The van der Waals surface area contributed by atoms with Crippen molar-refractivity contribution >= 4 is 5.91 Å². The quantitative estimate of drug-likeness (QED) is 0.311. The van der Waals surface area contributed by atoms with Crippen LogP contribution in [0.3, 0.4) is 0 Å². The number of unbranched alkanes of at least 4 members (excludes halogenated alkanes) is 3. The third kappa shape index (κ3) is 8.03. The van der Waals surface area contributed by atoms with E-state index in [1.807, 2.05) is 12.2 Å². The minimum absolute atomic E-state index is 0.00719. The van der Waals surface area contributed by atoms with Gasteiger partial charge in [-0.05, 0) is 25.7 Å². The Bertz CT molecular complexity index is 501. The summed E-state index contributed by atoms with van der Waals surface area (Å²) in [7, 11) is 0. The standard InChI is InChI=1S/C22H37NO5/c1-2-3-6-9-17(25)12-13-19-18(20-16-22(27-19)28-20)10-7-4-5-8-11-21(26)23-14-15-24/h4,7,12-13,17-20,22,24-25H,2-3,5-6,8-11,14-16H2,1H3,(H,23,26)/b7-4+,13-12+. The topological polar surface area (TPSA) is 88.0 Å². The molecular formula is C22H37NO5. The summed E-state index contributed by atoms with van der Waals surface area (Å²) in [5.41, 5.74) is 0. The minimum Gasteiger partial charge on any atom is -0.395 e. The van der Waals surface area contributed by atoms with Crippen LogP contribution in [0.15, 0.2) is 24.3 Å². The van der Waals surface area contributed by atoms with E-state index < -0.39 is 6.10 Å². The number of carbonyl (C=O) groups excluding carboxylic acids is 1. The Morgan fingerprint density at radius 1 is 1.25 bits per heavy atom. The number of ether oxygens (including phenoxy) is 2. The molecule has 0 spiro atoms. The molecule has 5 unspecified atom stereocenters. The fourth-order valence-electron chi connectivity index (χ4n) is 3.67. The highest BCUT2D eigenvalue weighted by Crippen LogP contribution is 2.40. The van der Waals surface area contributed by atoms with Crippen molar-refractivity contribution in [3.8, 4) is 0 Å². The molecule has 6 heteroatoms. The molecule has 3 N–H and O–H groups in total. The summed E-state index contributed by atoms with van der Waals surface area (Å²) >= 11 is 0. The Labute approximate surface area is 169 Å². The Morgan fingerprint density at radius 2 is 2.07 bits per heavy atom. The highest BCUT2D eigenvalue weighted by molar-refractivity contribution is 5.75. The summed E-state index contributed by atoms with van der Waals surface area (Å²) in [5.74, 6) is 0.257. The van der Waals surface area contributed by atoms with Gasteiger partial charge in [0.2, 0.25) is 5.91 Å². The lowest BCUT2D eigenvalue weighted by atomic mass is 9.84. The molecule has 3 aliphatic rings. The van der Waals surface area contributed by atoms with Crippen LogP contribution in [-0.2, 0) is 14.3 Å². The van der Waals surface area contributed by atoms with Gasteiger partial charge in [-0.1, -0.05) is 50.5 Å². The third-order valence-corrected chi connectivity index (χ3v) is 5.37. The van der Waals surface area contributed by atoms with Gasteiger partial charge < -0.3 is 25.0 Å². The van der Waals surface area contributed by atoms with Crippen LogP contribution in [0.25, 0.3) is 0 Å². The molecule has 0 aromatic carbocycles. The zero-order chi connectivity index (χ0) is 20.2. The van der Waals surface area contributed by atoms with E-state index in [9.17, 15) is 9.90 Å². The molecule has 5 atom stereocenters. The van der Waals surface area contributed by atoms with Gasteiger partial charge >= 0.3 is 0 Å². The predicted octanol–water partition coefficient (Wildman–Crippen LogP) is 2.84. The van der Waals surface area contributed by atoms with Gasteiger partial charge in [0.25, 0.3) is 0 Å². The van der Waals surface area contributed by atoms with E-state index in [1.54, 1.807) is 0 Å². The Hall–Kier alpha value is -1.21. The molecule has 0 aromatic rings. The molecule has 3 rings (SSSR count). The van der Waals surface area contributed by atoms with Crippen molar-refractivity contribution in [2.24, 2.45) is 5.92 Å². The van der Waals surface area contributed by atoms with Crippen molar-refractivity contribution in [2.45, 2.75) is 89.3 Å². The van der Waals surface area contributed by atoms with E-state index in [0.717, 1.165) is 51.4 Å². The van der Waals surface area contributed by atoms with Crippen molar-refractivity contribution in [3.63, 3.8) is 0 Å². The number of hydrogen-bond acceptors (Lipinski definition) is 5. The lowest BCUT2D eigenvalue weighted by Gasteiger charge is -2.49. The first-order valence-electron chi connectivity index (χ1n) is 10.8. The van der Waals surface area contributed by atoms with E-state index in [4.69, 9.17) is 14.6 Å². The summed E-state index contributed by atoms with van der Waals surface area (Å²) in [6, 6.07) is 0. The fourth-order valence-corrected chi connectivity index (χ4v) is 3.67. The smallest absolute Gasteiger partial charge is 0.220 e. The number of carbonyl (C=O) groups is 1. The normalized spacial score (nSPS) is 27.8. The first kappa shape index (κ1) is 23.1. The Morgan fingerprint density at radius 3 is 2.82 bits per heavy atom. The zero-order valence-corrected chi connectivity index (χ0v) is 17.1. The first-order chi connectivity index (χ1) is 13.6. The van der Waals surface area contributed by atoms with E-state index in [0.29, 0.717) is 13.0 Å². The monoisotopic (exact) mass is 395 g/mol. The SMILES string of the molecule is CCCCCC(O)/C=C/C1OC2CC(O2)C1C/C=C/CCCC(=O)NCCO. The molecule has 3 fully saturated rings. The molecule has 0 aromatic heterocycles. The number of hydrogen-bond donors (Lipinski definition) is 3. The van der Waals surface area contributed by atoms with Crippen LogP contribution in [0.1, 0.15) is 64.7 Å². The molecule has 3 aliphatic heterocycles. The predicted molar refractivity (Wildman–Crippen MR) is 109 cm³/mol. The van der Waals surface area contributed by atoms with Crippen LogP contribution >= 0.6 is 0 Å². The summed E-state index contributed by atoms with van der Waals surface area (Å²) in [5, 5.41) is 21.4.